The number of hydrogen-bond acceptors (Lipinski definition) is 4. The van der Waals surface area contributed by atoms with Crippen LogP contribution in [0.25, 0.3) is 5.69 Å². The van der Waals surface area contributed by atoms with E-state index < -0.39 is 23.7 Å². The van der Waals surface area contributed by atoms with Crippen molar-refractivity contribution in [2.24, 2.45) is 0 Å². The zero-order valence-electron chi connectivity index (χ0n) is 14.9. The Morgan fingerprint density at radius 3 is 2.93 bits per heavy atom. The molecule has 1 N–H and O–H groups in total. The van der Waals surface area contributed by atoms with Crippen LogP contribution in [0.15, 0.2) is 18.2 Å². The largest absolute Gasteiger partial charge is 0.480 e. The van der Waals surface area contributed by atoms with Gasteiger partial charge in [-0.25, -0.2) is 13.9 Å². The number of rotatable bonds is 3. The highest BCUT2D eigenvalue weighted by Gasteiger charge is 2.37. The monoisotopic (exact) mass is 373 g/mol. The van der Waals surface area contributed by atoms with Crippen molar-refractivity contribution in [3.63, 3.8) is 0 Å². The highest BCUT2D eigenvalue weighted by atomic mass is 19.1. The number of morpholine rings is 1. The molecule has 1 aliphatic carbocycles. The number of benzene rings is 1. The second-order valence-electron chi connectivity index (χ2n) is 6.92. The first-order chi connectivity index (χ1) is 13.0. The van der Waals surface area contributed by atoms with E-state index in [1.165, 1.54) is 15.6 Å². The molecule has 0 radical (unpaired) electrons. The molecule has 1 amide bonds. The third-order valence-electron chi connectivity index (χ3n) is 5.14. The Morgan fingerprint density at radius 2 is 2.15 bits per heavy atom. The van der Waals surface area contributed by atoms with Crippen molar-refractivity contribution in [3.05, 3.63) is 46.5 Å². The minimum Gasteiger partial charge on any atom is -0.480 e. The maximum atomic E-state index is 14.4. The summed E-state index contributed by atoms with van der Waals surface area (Å²) in [7, 11) is 0. The number of carbonyl (C=O) groups excluding carboxylic acids is 1. The zero-order chi connectivity index (χ0) is 19.1. The van der Waals surface area contributed by atoms with Gasteiger partial charge in [0.1, 0.15) is 11.5 Å². The molecule has 1 saturated heterocycles. The lowest BCUT2D eigenvalue weighted by Gasteiger charge is -2.32. The highest BCUT2D eigenvalue weighted by Crippen LogP contribution is 2.30. The van der Waals surface area contributed by atoms with Gasteiger partial charge in [-0.1, -0.05) is 6.07 Å². The van der Waals surface area contributed by atoms with Gasteiger partial charge in [0.25, 0.3) is 5.91 Å². The van der Waals surface area contributed by atoms with Crippen LogP contribution in [0.5, 0.6) is 0 Å². The lowest BCUT2D eigenvalue weighted by Crippen LogP contribution is -2.52. The van der Waals surface area contributed by atoms with Crippen LogP contribution >= 0.6 is 0 Å². The second-order valence-corrected chi connectivity index (χ2v) is 6.92. The Labute approximate surface area is 155 Å². The molecule has 0 saturated carbocycles. The molecule has 8 heteroatoms. The van der Waals surface area contributed by atoms with Crippen LogP contribution in [0.3, 0.4) is 0 Å². The Balaban J connectivity index is 1.77. The van der Waals surface area contributed by atoms with Gasteiger partial charge in [0.15, 0.2) is 11.7 Å². The quantitative estimate of drug-likeness (QED) is 0.886. The van der Waals surface area contributed by atoms with E-state index in [9.17, 15) is 19.1 Å². The van der Waals surface area contributed by atoms with Gasteiger partial charge >= 0.3 is 5.97 Å². The van der Waals surface area contributed by atoms with Crippen LogP contribution in [-0.4, -0.2) is 57.5 Å². The van der Waals surface area contributed by atoms with E-state index in [1.807, 2.05) is 6.92 Å². The van der Waals surface area contributed by atoms with E-state index in [2.05, 4.69) is 5.10 Å². The molecule has 2 heterocycles. The molecular weight excluding hydrogens is 353 g/mol. The third kappa shape index (κ3) is 2.99. The van der Waals surface area contributed by atoms with Crippen molar-refractivity contribution in [1.82, 2.24) is 14.7 Å². The molecule has 4 rings (SSSR count). The molecular formula is C19H20FN3O4. The lowest BCUT2D eigenvalue weighted by molar-refractivity contribution is -0.147. The summed E-state index contributed by atoms with van der Waals surface area (Å²) in [4.78, 5) is 25.9. The van der Waals surface area contributed by atoms with Crippen LogP contribution in [0, 0.1) is 12.7 Å². The summed E-state index contributed by atoms with van der Waals surface area (Å²) in [5.74, 6) is -1.95. The summed E-state index contributed by atoms with van der Waals surface area (Å²) in [6, 6.07) is 3.73. The lowest BCUT2D eigenvalue weighted by atomic mass is 10.1. The fourth-order valence-corrected chi connectivity index (χ4v) is 3.78. The summed E-state index contributed by atoms with van der Waals surface area (Å²) in [6.45, 7) is 2.29. The van der Waals surface area contributed by atoms with Gasteiger partial charge in [-0.05, 0) is 43.9 Å². The maximum Gasteiger partial charge on any atom is 0.328 e. The molecule has 2 aliphatic rings. The molecule has 0 spiro atoms. The fourth-order valence-electron chi connectivity index (χ4n) is 3.78. The number of amides is 1. The predicted molar refractivity (Wildman–Crippen MR) is 93.6 cm³/mol. The summed E-state index contributed by atoms with van der Waals surface area (Å²) < 4.78 is 21.1. The average Bonchev–Trinajstić information content (AvgIpc) is 3.26. The zero-order valence-corrected chi connectivity index (χ0v) is 14.9. The van der Waals surface area contributed by atoms with Gasteiger partial charge < -0.3 is 14.7 Å². The standard InChI is InChI=1S/C19H20FN3O4/c1-11-5-6-13(20)15(9-11)23-14-4-2-3-12(14)17(21-23)18(24)22-7-8-27-10-16(22)19(25)26/h5-6,9,16H,2-4,7-8,10H2,1H3,(H,25,26). The molecule has 27 heavy (non-hydrogen) atoms. The van der Waals surface area contributed by atoms with Crippen LogP contribution in [0.1, 0.15) is 33.7 Å². The van der Waals surface area contributed by atoms with E-state index in [1.54, 1.807) is 12.1 Å². The molecule has 1 fully saturated rings. The number of hydrogen-bond donors (Lipinski definition) is 1. The summed E-state index contributed by atoms with van der Waals surface area (Å²) in [5.41, 5.74) is 3.03. The van der Waals surface area contributed by atoms with Crippen LogP contribution in [0.4, 0.5) is 4.39 Å². The molecule has 2 aromatic rings. The van der Waals surface area contributed by atoms with Crippen molar-refractivity contribution in [3.8, 4) is 5.69 Å². The van der Waals surface area contributed by atoms with E-state index in [0.29, 0.717) is 18.5 Å². The van der Waals surface area contributed by atoms with Gasteiger partial charge in [-0.2, -0.15) is 5.10 Å². The summed E-state index contributed by atoms with van der Waals surface area (Å²) in [5, 5.41) is 13.8. The van der Waals surface area contributed by atoms with E-state index in [-0.39, 0.29) is 25.5 Å². The minimum atomic E-state index is -1.11. The summed E-state index contributed by atoms with van der Waals surface area (Å²) in [6.07, 6.45) is 2.23. The van der Waals surface area contributed by atoms with Crippen molar-refractivity contribution in [1.29, 1.82) is 0 Å². The fraction of sp³-hybridized carbons (Fsp3) is 0.421. The second kappa shape index (κ2) is 6.77. The molecule has 0 bridgehead atoms. The first kappa shape index (κ1) is 17.7. The average molecular weight is 373 g/mol. The van der Waals surface area contributed by atoms with Gasteiger partial charge in [0.2, 0.25) is 0 Å². The normalized spacial score (nSPS) is 19.2. The Hall–Kier alpha value is -2.74. The maximum absolute atomic E-state index is 14.4. The third-order valence-corrected chi connectivity index (χ3v) is 5.14. The smallest absolute Gasteiger partial charge is 0.328 e. The molecule has 1 aliphatic heterocycles. The van der Waals surface area contributed by atoms with Crippen molar-refractivity contribution >= 4 is 11.9 Å². The van der Waals surface area contributed by atoms with E-state index >= 15 is 0 Å². The number of nitrogens with zero attached hydrogens (tertiary/aromatic N) is 3. The Morgan fingerprint density at radius 1 is 1.33 bits per heavy atom. The van der Waals surface area contributed by atoms with Crippen molar-refractivity contribution in [2.75, 3.05) is 19.8 Å². The molecule has 142 valence electrons. The van der Waals surface area contributed by atoms with Crippen molar-refractivity contribution < 1.29 is 23.8 Å². The van der Waals surface area contributed by atoms with Gasteiger partial charge in [0, 0.05) is 17.8 Å². The first-order valence-corrected chi connectivity index (χ1v) is 8.96. The first-order valence-electron chi connectivity index (χ1n) is 8.96. The molecule has 1 atom stereocenters. The number of aliphatic carboxylic acids is 1. The molecule has 7 nitrogen and oxygen atoms in total. The topological polar surface area (TPSA) is 84.7 Å². The van der Waals surface area contributed by atoms with Gasteiger partial charge in [0.05, 0.1) is 13.2 Å². The predicted octanol–water partition coefficient (Wildman–Crippen LogP) is 1.73. The molecule has 1 aromatic carbocycles. The Bertz CT molecular complexity index is 924. The van der Waals surface area contributed by atoms with Crippen molar-refractivity contribution in [2.45, 2.75) is 32.2 Å². The van der Waals surface area contributed by atoms with Gasteiger partial charge in [-0.3, -0.25) is 4.79 Å². The molecule has 1 aromatic heterocycles. The minimum absolute atomic E-state index is 0.0452. The number of carboxylic acid groups (broad SMARTS) is 1. The highest BCUT2D eigenvalue weighted by molar-refractivity contribution is 5.97. The number of ether oxygens (including phenoxy) is 1. The number of halogens is 1. The van der Waals surface area contributed by atoms with E-state index in [0.717, 1.165) is 23.2 Å². The molecule has 1 unspecified atom stereocenters. The van der Waals surface area contributed by atoms with Crippen LogP contribution in [-0.2, 0) is 22.4 Å². The van der Waals surface area contributed by atoms with E-state index in [4.69, 9.17) is 4.74 Å². The number of aryl methyl sites for hydroxylation is 1. The van der Waals surface area contributed by atoms with Gasteiger partial charge in [-0.15, -0.1) is 0 Å². The number of carboxylic acids is 1. The van der Waals surface area contributed by atoms with Crippen LogP contribution < -0.4 is 0 Å². The Kier molecular flexibility index (Phi) is 4.43. The SMILES string of the molecule is Cc1ccc(F)c(-n2nc(C(=O)N3CCOCC3C(=O)O)c3c2CCC3)c1. The number of aromatic nitrogens is 2. The number of carbonyl (C=O) groups is 2. The summed E-state index contributed by atoms with van der Waals surface area (Å²) >= 11 is 0. The van der Waals surface area contributed by atoms with Crippen LogP contribution in [0.2, 0.25) is 0 Å². The number of fused-ring (bicyclic) bond motifs is 1.